The van der Waals surface area contributed by atoms with E-state index in [9.17, 15) is 14.4 Å². The van der Waals surface area contributed by atoms with Crippen LogP contribution in [0.15, 0.2) is 53.7 Å². The van der Waals surface area contributed by atoms with Crippen LogP contribution in [-0.4, -0.2) is 13.7 Å². The normalized spacial score (nSPS) is 12.2. The first kappa shape index (κ1) is 32.4. The molecule has 0 N–H and O–H groups in total. The Morgan fingerprint density at radius 3 is 1.52 bits per heavy atom. The number of hydrogen-bond acceptors (Lipinski definition) is 3. The molecule has 0 spiro atoms. The summed E-state index contributed by atoms with van der Waals surface area (Å²) >= 11 is 7.60. The van der Waals surface area contributed by atoms with Crippen LogP contribution in [0.1, 0.15) is 58.2 Å². The zero-order valence-corrected chi connectivity index (χ0v) is 30.2. The highest BCUT2D eigenvalue weighted by Gasteiger charge is 2.21. The van der Waals surface area contributed by atoms with Crippen molar-refractivity contribution in [3.8, 4) is 0 Å². The Morgan fingerprint density at radius 2 is 0.977 bits per heavy atom. The van der Waals surface area contributed by atoms with Crippen molar-refractivity contribution < 1.29 is 0 Å². The Balaban J connectivity index is 2.27. The maximum Gasteiger partial charge on any atom is 0.259 e. The molecule has 0 atom stereocenters. The summed E-state index contributed by atoms with van der Waals surface area (Å²) in [7, 11) is 0. The molecule has 6 rings (SSSR count). The summed E-state index contributed by atoms with van der Waals surface area (Å²) in [5, 5.41) is 3.20. The van der Waals surface area contributed by atoms with Crippen molar-refractivity contribution in [1.29, 1.82) is 0 Å². The predicted molar refractivity (Wildman–Crippen MR) is 192 cm³/mol. The lowest BCUT2D eigenvalue weighted by Gasteiger charge is -2.20. The first-order chi connectivity index (χ1) is 20.6. The number of halogens is 2. The van der Waals surface area contributed by atoms with Gasteiger partial charge in [0.2, 0.25) is 0 Å². The van der Waals surface area contributed by atoms with Crippen LogP contribution in [-0.2, 0) is 19.6 Å². The third-order valence-electron chi connectivity index (χ3n) is 8.24. The van der Waals surface area contributed by atoms with Gasteiger partial charge in [-0.05, 0) is 123 Å². The van der Waals surface area contributed by atoms with E-state index in [1.165, 1.54) is 0 Å². The zero-order valence-electron chi connectivity index (χ0n) is 27.1. The average molecular weight is 724 g/mol. The molecule has 0 fully saturated rings. The average Bonchev–Trinajstić information content (AvgIpc) is 2.93. The molecule has 0 saturated heterocycles. The van der Waals surface area contributed by atoms with Crippen LogP contribution in [0, 0.1) is 38.5 Å². The maximum atomic E-state index is 14.6. The monoisotopic (exact) mass is 721 g/mol. The minimum absolute atomic E-state index is 0.0672. The van der Waals surface area contributed by atoms with Crippen molar-refractivity contribution in [3.05, 3.63) is 87.0 Å². The van der Waals surface area contributed by atoms with Crippen LogP contribution in [0.5, 0.6) is 0 Å². The van der Waals surface area contributed by atoms with Gasteiger partial charge in [0.15, 0.2) is 0 Å². The Morgan fingerprint density at radius 1 is 0.545 bits per heavy atom. The molecule has 3 aromatic carbocycles. The molecule has 0 aliphatic heterocycles. The Labute approximate surface area is 274 Å². The molecular formula is C36H41Br2N3O3. The first-order valence-corrected chi connectivity index (χ1v) is 16.9. The third kappa shape index (κ3) is 5.53. The zero-order chi connectivity index (χ0) is 32.4. The summed E-state index contributed by atoms with van der Waals surface area (Å²) in [5.74, 6) is 0.625. The number of rotatable bonds is 6. The topological polar surface area (TPSA) is 66.0 Å². The molecule has 3 heterocycles. The van der Waals surface area contributed by atoms with Crippen LogP contribution >= 0.6 is 31.9 Å². The smallest absolute Gasteiger partial charge is 0.259 e. The van der Waals surface area contributed by atoms with Crippen molar-refractivity contribution >= 4 is 75.3 Å². The van der Waals surface area contributed by atoms with E-state index >= 15 is 0 Å². The van der Waals surface area contributed by atoms with Gasteiger partial charge in [-0.2, -0.15) is 0 Å². The quantitative estimate of drug-likeness (QED) is 0.165. The van der Waals surface area contributed by atoms with Gasteiger partial charge in [-0.15, -0.1) is 0 Å². The van der Waals surface area contributed by atoms with Gasteiger partial charge < -0.3 is 13.7 Å². The standard InChI is InChI=1S/C36H41Br2N3O3/c1-18(2)15-39-29-13-24-25(10-21(29)7)34(42)41(17-20(5)6)33-23(9)12-27(32(38)31(24)33)36(44)40(16-19(3)4)30-14-28(37)26(35(39)43)11-22(30)8/h10-14,18-20H,15-17H2,1-9H3. The molecule has 6 nitrogen and oxygen atoms in total. The van der Waals surface area contributed by atoms with Gasteiger partial charge in [-0.3, -0.25) is 14.4 Å². The fraction of sp³-hybridized carbons (Fsp3) is 0.417. The SMILES string of the molecule is Cc1cc2c(=O)n(CC(C)C)c3c(C)cc4c(Br)c3c2cc1n(CC(C)C)c(=O)c1cc(C)c(cc1Br)n(CC(C)C)c4=O. The molecule has 0 radical (unpaired) electrons. The summed E-state index contributed by atoms with van der Waals surface area (Å²) < 4.78 is 6.82. The molecule has 44 heavy (non-hydrogen) atoms. The lowest BCUT2D eigenvalue weighted by Crippen LogP contribution is -2.26. The molecule has 0 amide bonds. The van der Waals surface area contributed by atoms with Crippen LogP contribution in [0.25, 0.3) is 43.5 Å². The fourth-order valence-corrected chi connectivity index (χ4v) is 7.61. The maximum absolute atomic E-state index is 14.6. The van der Waals surface area contributed by atoms with Gasteiger partial charge in [0.1, 0.15) is 0 Å². The van der Waals surface area contributed by atoms with Crippen molar-refractivity contribution in [2.45, 2.75) is 81.9 Å². The number of aromatic nitrogens is 3. The molecule has 0 aliphatic carbocycles. The van der Waals surface area contributed by atoms with Gasteiger partial charge in [0.05, 0.1) is 16.3 Å². The van der Waals surface area contributed by atoms with Crippen LogP contribution in [0.2, 0.25) is 0 Å². The number of benzene rings is 3. The Kier molecular flexibility index (Phi) is 8.91. The first-order valence-electron chi connectivity index (χ1n) is 15.4. The highest BCUT2D eigenvalue weighted by atomic mass is 79.9. The van der Waals surface area contributed by atoms with E-state index in [0.717, 1.165) is 44.0 Å². The largest absolute Gasteiger partial charge is 0.308 e. The van der Waals surface area contributed by atoms with Gasteiger partial charge in [0, 0.05) is 50.4 Å². The molecular weight excluding hydrogens is 682 g/mol. The summed E-state index contributed by atoms with van der Waals surface area (Å²) in [6, 6.07) is 9.61. The fourth-order valence-electron chi connectivity index (χ4n) is 6.42. The summed E-state index contributed by atoms with van der Waals surface area (Å²) in [4.78, 5) is 43.3. The Hall–Kier alpha value is -2.97. The van der Waals surface area contributed by atoms with E-state index in [-0.39, 0.29) is 34.4 Å². The van der Waals surface area contributed by atoms with Crippen LogP contribution in [0.3, 0.4) is 0 Å². The highest BCUT2D eigenvalue weighted by Crippen LogP contribution is 2.36. The van der Waals surface area contributed by atoms with Crippen molar-refractivity contribution in [1.82, 2.24) is 13.7 Å². The van der Waals surface area contributed by atoms with Gasteiger partial charge in [0.25, 0.3) is 16.7 Å². The number of pyridine rings is 1. The lowest BCUT2D eigenvalue weighted by molar-refractivity contribution is 0.523. The summed E-state index contributed by atoms with van der Waals surface area (Å²) in [6.07, 6.45) is 0. The number of aryl methyl sites for hydroxylation is 3. The van der Waals surface area contributed by atoms with Crippen molar-refractivity contribution in [2.75, 3.05) is 0 Å². The molecule has 6 bridgehead atoms. The van der Waals surface area contributed by atoms with Gasteiger partial charge in [-0.25, -0.2) is 0 Å². The molecule has 3 aromatic heterocycles. The lowest BCUT2D eigenvalue weighted by atomic mass is 9.98. The van der Waals surface area contributed by atoms with Crippen LogP contribution in [0.4, 0.5) is 0 Å². The summed E-state index contributed by atoms with van der Waals surface area (Å²) in [5.41, 5.74) is 4.54. The van der Waals surface area contributed by atoms with Crippen molar-refractivity contribution in [2.24, 2.45) is 17.8 Å². The van der Waals surface area contributed by atoms with Crippen molar-refractivity contribution in [3.63, 3.8) is 0 Å². The van der Waals surface area contributed by atoms with E-state index < -0.39 is 0 Å². The third-order valence-corrected chi connectivity index (χ3v) is 9.72. The number of fused-ring (bicyclic) bond motifs is 4. The second-order valence-electron chi connectivity index (χ2n) is 13.5. The van der Waals surface area contributed by atoms with E-state index in [1.807, 2.05) is 64.8 Å². The molecule has 0 aliphatic rings. The predicted octanol–water partition coefficient (Wildman–Crippen LogP) is 8.76. The minimum atomic E-state index is -0.134. The van der Waals surface area contributed by atoms with E-state index in [1.54, 1.807) is 0 Å². The molecule has 232 valence electrons. The second-order valence-corrected chi connectivity index (χ2v) is 15.2. The molecule has 0 unspecified atom stereocenters. The number of hydrogen-bond donors (Lipinski definition) is 0. The van der Waals surface area contributed by atoms with Crippen LogP contribution < -0.4 is 16.7 Å². The minimum Gasteiger partial charge on any atom is -0.308 e. The summed E-state index contributed by atoms with van der Waals surface area (Å²) in [6.45, 7) is 20.0. The second kappa shape index (κ2) is 12.1. The molecule has 6 aromatic rings. The highest BCUT2D eigenvalue weighted by molar-refractivity contribution is 9.11. The number of nitrogens with zero attached hydrogens (tertiary/aromatic N) is 3. The van der Waals surface area contributed by atoms with E-state index in [0.29, 0.717) is 44.7 Å². The van der Waals surface area contributed by atoms with Gasteiger partial charge >= 0.3 is 0 Å². The Bertz CT molecular complexity index is 2200. The molecule has 0 saturated carbocycles. The van der Waals surface area contributed by atoms with Gasteiger partial charge in [-0.1, -0.05) is 41.5 Å². The van der Waals surface area contributed by atoms with E-state index in [4.69, 9.17) is 0 Å². The van der Waals surface area contributed by atoms with E-state index in [2.05, 4.69) is 73.4 Å². The molecule has 8 heteroatoms.